The number of nitrogens with one attached hydrogen (secondary N) is 2. The highest BCUT2D eigenvalue weighted by Gasteiger charge is 2.35. The maximum Gasteiger partial charge on any atom is 0.338 e. The molecule has 0 aliphatic carbocycles. The van der Waals surface area contributed by atoms with Gasteiger partial charge < -0.3 is 20.1 Å². The largest absolute Gasteiger partial charge is 0.494 e. The van der Waals surface area contributed by atoms with Gasteiger partial charge in [0.1, 0.15) is 5.75 Å². The maximum atomic E-state index is 12.6. The molecule has 3 rings (SSSR count). The smallest absolute Gasteiger partial charge is 0.338 e. The Morgan fingerprint density at radius 1 is 1.27 bits per heavy atom. The predicted octanol–water partition coefficient (Wildman–Crippen LogP) is 1.96. The fourth-order valence-electron chi connectivity index (χ4n) is 3.50. The zero-order valence-electron chi connectivity index (χ0n) is 15.2. The molecule has 2 amide bonds. The Morgan fingerprint density at radius 2 is 2.00 bits per heavy atom. The van der Waals surface area contributed by atoms with Gasteiger partial charge in [0, 0.05) is 17.8 Å². The Morgan fingerprint density at radius 3 is 2.69 bits per heavy atom. The van der Waals surface area contributed by atoms with Gasteiger partial charge in [-0.1, -0.05) is 18.2 Å². The minimum Gasteiger partial charge on any atom is -0.494 e. The third kappa shape index (κ3) is 3.83. The Hall–Kier alpha value is -2.54. The van der Waals surface area contributed by atoms with Crippen LogP contribution in [-0.2, 0) is 9.53 Å². The number of benzene rings is 1. The summed E-state index contributed by atoms with van der Waals surface area (Å²) in [6.07, 6.45) is 2.26. The van der Waals surface area contributed by atoms with Crippen molar-refractivity contribution >= 4 is 12.0 Å². The zero-order valence-corrected chi connectivity index (χ0v) is 15.2. The maximum absolute atomic E-state index is 12.6. The lowest BCUT2D eigenvalue weighted by Gasteiger charge is -2.31. The van der Waals surface area contributed by atoms with Crippen molar-refractivity contribution in [1.29, 1.82) is 0 Å². The monoisotopic (exact) mass is 359 g/mol. The number of ether oxygens (including phenoxy) is 2. The number of rotatable bonds is 6. The standard InChI is InChI=1S/C19H25N3O4/c1-3-26-15-9-5-4-8-13(15)17-16(18(23)25-2)14(20-19(24)21-17)12-22-10-6-7-11-22/h4-5,8-9,17H,3,6-7,10-12H2,1-2H3,(H2,20,21,24)/t17-/m1/s1. The van der Waals surface area contributed by atoms with E-state index in [1.807, 2.05) is 31.2 Å². The lowest BCUT2D eigenvalue weighted by atomic mass is 9.94. The number of likely N-dealkylation sites (tertiary alicyclic amines) is 1. The Bertz CT molecular complexity index is 710. The van der Waals surface area contributed by atoms with Crippen LogP contribution >= 0.6 is 0 Å². The number of urea groups is 1. The van der Waals surface area contributed by atoms with Gasteiger partial charge in [-0.05, 0) is 38.9 Å². The van der Waals surface area contributed by atoms with Gasteiger partial charge in [0.2, 0.25) is 0 Å². The fourth-order valence-corrected chi connectivity index (χ4v) is 3.50. The van der Waals surface area contributed by atoms with E-state index in [0.717, 1.165) is 31.5 Å². The summed E-state index contributed by atoms with van der Waals surface area (Å²) in [5, 5.41) is 5.65. The van der Waals surface area contributed by atoms with E-state index in [1.54, 1.807) is 0 Å². The number of hydrogen-bond donors (Lipinski definition) is 2. The number of nitrogens with zero attached hydrogens (tertiary/aromatic N) is 1. The molecular formula is C19H25N3O4. The molecule has 0 spiro atoms. The van der Waals surface area contributed by atoms with Gasteiger partial charge in [-0.15, -0.1) is 0 Å². The van der Waals surface area contributed by atoms with E-state index in [4.69, 9.17) is 9.47 Å². The van der Waals surface area contributed by atoms with E-state index in [1.165, 1.54) is 7.11 Å². The lowest BCUT2D eigenvalue weighted by molar-refractivity contribution is -0.136. The lowest BCUT2D eigenvalue weighted by Crippen LogP contribution is -2.48. The third-order valence-electron chi connectivity index (χ3n) is 4.67. The van der Waals surface area contributed by atoms with Crippen LogP contribution in [0.25, 0.3) is 0 Å². The molecule has 1 aromatic carbocycles. The van der Waals surface area contributed by atoms with Crippen molar-refractivity contribution in [2.45, 2.75) is 25.8 Å². The molecule has 1 saturated heterocycles. The highest BCUT2D eigenvalue weighted by molar-refractivity contribution is 5.95. The highest BCUT2D eigenvalue weighted by Crippen LogP contribution is 2.34. The molecule has 0 bridgehead atoms. The quantitative estimate of drug-likeness (QED) is 0.759. The summed E-state index contributed by atoms with van der Waals surface area (Å²) in [4.78, 5) is 27.1. The zero-order chi connectivity index (χ0) is 18.5. The van der Waals surface area contributed by atoms with Crippen LogP contribution in [0.3, 0.4) is 0 Å². The summed E-state index contributed by atoms with van der Waals surface area (Å²) in [6, 6.07) is 6.48. The van der Waals surface area contributed by atoms with E-state index in [2.05, 4.69) is 15.5 Å². The van der Waals surface area contributed by atoms with Gasteiger partial charge in [0.25, 0.3) is 0 Å². The van der Waals surface area contributed by atoms with Crippen molar-refractivity contribution in [3.05, 3.63) is 41.1 Å². The first-order chi connectivity index (χ1) is 12.6. The second-order valence-electron chi connectivity index (χ2n) is 6.37. The highest BCUT2D eigenvalue weighted by atomic mass is 16.5. The molecule has 7 heteroatoms. The molecule has 2 heterocycles. The summed E-state index contributed by atoms with van der Waals surface area (Å²) < 4.78 is 10.7. The number of methoxy groups -OCH3 is 1. The van der Waals surface area contributed by atoms with E-state index >= 15 is 0 Å². The summed E-state index contributed by atoms with van der Waals surface area (Å²) >= 11 is 0. The van der Waals surface area contributed by atoms with Gasteiger partial charge in [-0.25, -0.2) is 9.59 Å². The molecule has 140 valence electrons. The molecular weight excluding hydrogens is 334 g/mol. The van der Waals surface area contributed by atoms with E-state index < -0.39 is 12.0 Å². The first-order valence-corrected chi connectivity index (χ1v) is 8.97. The van der Waals surface area contributed by atoms with Crippen molar-refractivity contribution in [2.24, 2.45) is 0 Å². The van der Waals surface area contributed by atoms with Gasteiger partial charge in [-0.2, -0.15) is 0 Å². The van der Waals surface area contributed by atoms with Crippen LogP contribution in [0.1, 0.15) is 31.4 Å². The predicted molar refractivity (Wildman–Crippen MR) is 96.7 cm³/mol. The number of esters is 1. The normalized spacial score (nSPS) is 20.5. The number of para-hydroxylation sites is 1. The minimum absolute atomic E-state index is 0.330. The summed E-state index contributed by atoms with van der Waals surface area (Å²) in [6.45, 7) is 4.83. The second-order valence-corrected chi connectivity index (χ2v) is 6.37. The molecule has 0 saturated carbocycles. The molecule has 2 aliphatic heterocycles. The number of hydrogen-bond acceptors (Lipinski definition) is 5. The molecule has 7 nitrogen and oxygen atoms in total. The summed E-state index contributed by atoms with van der Waals surface area (Å²) in [5.41, 5.74) is 1.76. The van der Waals surface area contributed by atoms with Gasteiger partial charge in [-0.3, -0.25) is 4.90 Å². The van der Waals surface area contributed by atoms with Crippen LogP contribution in [0.15, 0.2) is 35.5 Å². The summed E-state index contributed by atoms with van der Waals surface area (Å²) in [7, 11) is 1.35. The molecule has 0 radical (unpaired) electrons. The van der Waals surface area contributed by atoms with Crippen molar-refractivity contribution in [3.63, 3.8) is 0 Å². The molecule has 0 aromatic heterocycles. The molecule has 1 aromatic rings. The number of amides is 2. The van der Waals surface area contributed by atoms with Crippen LogP contribution in [0, 0.1) is 0 Å². The molecule has 0 unspecified atom stereocenters. The molecule has 2 N–H and O–H groups in total. The van der Waals surface area contributed by atoms with E-state index in [0.29, 0.717) is 30.2 Å². The molecule has 26 heavy (non-hydrogen) atoms. The molecule has 1 fully saturated rings. The first-order valence-electron chi connectivity index (χ1n) is 8.97. The van der Waals surface area contributed by atoms with Crippen LogP contribution in [0.2, 0.25) is 0 Å². The van der Waals surface area contributed by atoms with Crippen molar-refractivity contribution in [3.8, 4) is 5.75 Å². The first kappa shape index (κ1) is 18.3. The van der Waals surface area contributed by atoms with E-state index in [9.17, 15) is 9.59 Å². The third-order valence-corrected chi connectivity index (χ3v) is 4.67. The topological polar surface area (TPSA) is 79.9 Å². The van der Waals surface area contributed by atoms with Crippen LogP contribution in [0.4, 0.5) is 4.79 Å². The van der Waals surface area contributed by atoms with Crippen LogP contribution in [0.5, 0.6) is 5.75 Å². The number of carbonyl (C=O) groups is 2. The minimum atomic E-state index is -0.614. The Labute approximate surface area is 153 Å². The van der Waals surface area contributed by atoms with Crippen molar-refractivity contribution in [2.75, 3.05) is 33.4 Å². The number of carbonyl (C=O) groups excluding carboxylic acids is 2. The Kier molecular flexibility index (Phi) is 5.78. The fraction of sp³-hybridized carbons (Fsp3) is 0.474. The van der Waals surface area contributed by atoms with Crippen molar-refractivity contribution in [1.82, 2.24) is 15.5 Å². The van der Waals surface area contributed by atoms with E-state index in [-0.39, 0.29) is 6.03 Å². The van der Waals surface area contributed by atoms with Gasteiger partial charge in [0.05, 0.1) is 25.3 Å². The average molecular weight is 359 g/mol. The van der Waals surface area contributed by atoms with Crippen molar-refractivity contribution < 1.29 is 19.1 Å². The van der Waals surface area contributed by atoms with Crippen LogP contribution < -0.4 is 15.4 Å². The molecule has 2 aliphatic rings. The van der Waals surface area contributed by atoms with Gasteiger partial charge >= 0.3 is 12.0 Å². The Balaban J connectivity index is 2.03. The second kappa shape index (κ2) is 8.23. The molecule has 1 atom stereocenters. The summed E-state index contributed by atoms with van der Waals surface area (Å²) in [5.74, 6) is 0.187. The van der Waals surface area contributed by atoms with Gasteiger partial charge in [0.15, 0.2) is 0 Å². The SMILES string of the molecule is CCOc1ccccc1[C@H]1NC(=O)NC(CN2CCCC2)=C1C(=O)OC. The van der Waals surface area contributed by atoms with Crippen LogP contribution in [-0.4, -0.2) is 50.3 Å². The average Bonchev–Trinajstić information content (AvgIpc) is 3.14.